The van der Waals surface area contributed by atoms with Crippen molar-refractivity contribution in [3.05, 3.63) is 65.7 Å². The van der Waals surface area contributed by atoms with Gasteiger partial charge < -0.3 is 9.64 Å². The van der Waals surface area contributed by atoms with Crippen molar-refractivity contribution < 1.29 is 17.9 Å². The quantitative estimate of drug-likeness (QED) is 0.869. The Bertz CT molecular complexity index is 868. The molecule has 2 aromatic rings. The zero-order valence-electron chi connectivity index (χ0n) is 14.6. The minimum absolute atomic E-state index is 0.0212. The van der Waals surface area contributed by atoms with Crippen LogP contribution in [-0.2, 0) is 21.3 Å². The molecule has 1 amide bonds. The fourth-order valence-corrected chi connectivity index (χ4v) is 3.90. The SMILES string of the molecule is CC1CN(C(=O)c2cccc(S(=O)(=O)NCc3ccccc3)c2)CCO1. The Kier molecular flexibility index (Phi) is 5.70. The molecule has 0 spiro atoms. The lowest BCUT2D eigenvalue weighted by molar-refractivity contribution is -0.0124. The van der Waals surface area contributed by atoms with Gasteiger partial charge >= 0.3 is 0 Å². The van der Waals surface area contributed by atoms with Gasteiger partial charge in [-0.2, -0.15) is 0 Å². The standard InChI is InChI=1S/C19H22N2O4S/c1-15-14-21(10-11-25-15)19(22)17-8-5-9-18(12-17)26(23,24)20-13-16-6-3-2-4-7-16/h2-9,12,15,20H,10-11,13-14H2,1H3. The fraction of sp³-hybridized carbons (Fsp3) is 0.316. The van der Waals surface area contributed by atoms with E-state index in [1.54, 1.807) is 17.0 Å². The molecule has 7 heteroatoms. The van der Waals surface area contributed by atoms with Gasteiger partial charge in [0.05, 0.1) is 17.6 Å². The van der Waals surface area contributed by atoms with Crippen molar-refractivity contribution >= 4 is 15.9 Å². The van der Waals surface area contributed by atoms with Gasteiger partial charge in [-0.3, -0.25) is 4.79 Å². The second-order valence-corrected chi connectivity index (χ2v) is 8.04. The molecule has 1 fully saturated rings. The van der Waals surface area contributed by atoms with Gasteiger partial charge in [0.15, 0.2) is 0 Å². The van der Waals surface area contributed by atoms with Crippen LogP contribution in [0.2, 0.25) is 0 Å². The number of sulfonamides is 1. The molecular formula is C19H22N2O4S. The summed E-state index contributed by atoms with van der Waals surface area (Å²) in [5, 5.41) is 0. The summed E-state index contributed by atoms with van der Waals surface area (Å²) >= 11 is 0. The molecule has 1 heterocycles. The molecule has 1 saturated heterocycles. The predicted octanol–water partition coefficient (Wildman–Crippen LogP) is 2.03. The molecule has 1 N–H and O–H groups in total. The molecule has 0 bridgehead atoms. The number of hydrogen-bond acceptors (Lipinski definition) is 4. The third-order valence-electron chi connectivity index (χ3n) is 4.23. The second kappa shape index (κ2) is 7.99. The number of morpholine rings is 1. The Balaban J connectivity index is 1.74. The van der Waals surface area contributed by atoms with Crippen molar-refractivity contribution in [3.8, 4) is 0 Å². The smallest absolute Gasteiger partial charge is 0.254 e. The molecule has 26 heavy (non-hydrogen) atoms. The molecule has 0 aliphatic carbocycles. The maximum absolute atomic E-state index is 12.7. The molecule has 1 unspecified atom stereocenters. The van der Waals surface area contributed by atoms with Gasteiger partial charge in [-0.1, -0.05) is 36.4 Å². The molecule has 0 radical (unpaired) electrons. The summed E-state index contributed by atoms with van der Waals surface area (Å²) in [4.78, 5) is 14.4. The van der Waals surface area contributed by atoms with E-state index < -0.39 is 10.0 Å². The van der Waals surface area contributed by atoms with Crippen LogP contribution in [0.1, 0.15) is 22.8 Å². The molecule has 1 atom stereocenters. The normalized spacial score (nSPS) is 17.9. The molecule has 138 valence electrons. The highest BCUT2D eigenvalue weighted by Gasteiger charge is 2.23. The zero-order valence-corrected chi connectivity index (χ0v) is 15.4. The first-order valence-electron chi connectivity index (χ1n) is 8.50. The highest BCUT2D eigenvalue weighted by atomic mass is 32.2. The number of nitrogens with zero attached hydrogens (tertiary/aromatic N) is 1. The van der Waals surface area contributed by atoms with Crippen LogP contribution in [0, 0.1) is 0 Å². The maximum Gasteiger partial charge on any atom is 0.254 e. The summed E-state index contributed by atoms with van der Waals surface area (Å²) in [6.07, 6.45) is -0.0212. The van der Waals surface area contributed by atoms with Gasteiger partial charge in [0, 0.05) is 25.2 Å². The highest BCUT2D eigenvalue weighted by molar-refractivity contribution is 7.89. The molecule has 6 nitrogen and oxygen atoms in total. The molecule has 1 aliphatic heterocycles. The van der Waals surface area contributed by atoms with Gasteiger partial charge in [0.2, 0.25) is 10.0 Å². The lowest BCUT2D eigenvalue weighted by Gasteiger charge is -2.31. The van der Waals surface area contributed by atoms with Crippen LogP contribution in [0.3, 0.4) is 0 Å². The maximum atomic E-state index is 12.7. The number of amides is 1. The average molecular weight is 374 g/mol. The Morgan fingerprint density at radius 1 is 1.19 bits per heavy atom. The molecule has 0 saturated carbocycles. The first-order valence-corrected chi connectivity index (χ1v) is 9.98. The van der Waals surface area contributed by atoms with E-state index in [0.29, 0.717) is 25.3 Å². The lowest BCUT2D eigenvalue weighted by atomic mass is 10.2. The van der Waals surface area contributed by atoms with Crippen molar-refractivity contribution in [2.45, 2.75) is 24.5 Å². The Hall–Kier alpha value is -2.22. The second-order valence-electron chi connectivity index (χ2n) is 6.27. The van der Waals surface area contributed by atoms with Gasteiger partial charge in [-0.25, -0.2) is 13.1 Å². The number of hydrogen-bond donors (Lipinski definition) is 1. The van der Waals surface area contributed by atoms with Crippen LogP contribution in [-0.4, -0.2) is 45.0 Å². The summed E-state index contributed by atoms with van der Waals surface area (Å²) in [5.74, 6) is -0.180. The third kappa shape index (κ3) is 4.49. The van der Waals surface area contributed by atoms with E-state index >= 15 is 0 Å². The average Bonchev–Trinajstić information content (AvgIpc) is 2.67. The van der Waals surface area contributed by atoms with Crippen LogP contribution >= 0.6 is 0 Å². The first kappa shape index (κ1) is 18.6. The summed E-state index contributed by atoms with van der Waals surface area (Å²) < 4.78 is 33.1. The van der Waals surface area contributed by atoms with Crippen molar-refractivity contribution in [2.75, 3.05) is 19.7 Å². The van der Waals surface area contributed by atoms with Crippen LogP contribution in [0.15, 0.2) is 59.5 Å². The van der Waals surface area contributed by atoms with E-state index in [0.717, 1.165) is 5.56 Å². The minimum Gasteiger partial charge on any atom is -0.375 e. The summed E-state index contributed by atoms with van der Waals surface area (Å²) in [5.41, 5.74) is 1.23. The van der Waals surface area contributed by atoms with Gasteiger partial charge in [-0.05, 0) is 30.7 Å². The van der Waals surface area contributed by atoms with E-state index in [1.165, 1.54) is 12.1 Å². The van der Waals surface area contributed by atoms with E-state index in [9.17, 15) is 13.2 Å². The Morgan fingerprint density at radius 3 is 2.69 bits per heavy atom. The molecule has 0 aromatic heterocycles. The molecule has 3 rings (SSSR count). The zero-order chi connectivity index (χ0) is 18.6. The van der Waals surface area contributed by atoms with Gasteiger partial charge in [0.25, 0.3) is 5.91 Å². The number of nitrogens with one attached hydrogen (secondary N) is 1. The summed E-state index contributed by atoms with van der Waals surface area (Å²) in [6, 6.07) is 15.4. The van der Waals surface area contributed by atoms with E-state index in [2.05, 4.69) is 4.72 Å². The monoisotopic (exact) mass is 374 g/mol. The van der Waals surface area contributed by atoms with Crippen LogP contribution in [0.4, 0.5) is 0 Å². The molecular weight excluding hydrogens is 352 g/mol. The number of carbonyl (C=O) groups is 1. The van der Waals surface area contributed by atoms with E-state index in [4.69, 9.17) is 4.74 Å². The van der Waals surface area contributed by atoms with Crippen LogP contribution in [0.5, 0.6) is 0 Å². The van der Waals surface area contributed by atoms with Crippen molar-refractivity contribution in [1.29, 1.82) is 0 Å². The number of carbonyl (C=O) groups excluding carboxylic acids is 1. The van der Waals surface area contributed by atoms with E-state index in [-0.39, 0.29) is 23.5 Å². The highest BCUT2D eigenvalue weighted by Crippen LogP contribution is 2.16. The Morgan fingerprint density at radius 2 is 1.96 bits per heavy atom. The number of ether oxygens (including phenoxy) is 1. The van der Waals surface area contributed by atoms with Gasteiger partial charge in [-0.15, -0.1) is 0 Å². The van der Waals surface area contributed by atoms with E-state index in [1.807, 2.05) is 37.3 Å². The van der Waals surface area contributed by atoms with Crippen molar-refractivity contribution in [3.63, 3.8) is 0 Å². The topological polar surface area (TPSA) is 75.7 Å². The predicted molar refractivity (Wildman–Crippen MR) is 98.2 cm³/mol. The summed E-state index contributed by atoms with van der Waals surface area (Å²) in [6.45, 7) is 3.61. The van der Waals surface area contributed by atoms with Crippen LogP contribution < -0.4 is 4.72 Å². The molecule has 2 aromatic carbocycles. The summed E-state index contributed by atoms with van der Waals surface area (Å²) in [7, 11) is -3.70. The largest absolute Gasteiger partial charge is 0.375 e. The number of benzene rings is 2. The Labute approximate surface area is 153 Å². The number of rotatable bonds is 5. The third-order valence-corrected chi connectivity index (χ3v) is 5.63. The molecule has 1 aliphatic rings. The fourth-order valence-electron chi connectivity index (χ4n) is 2.84. The lowest BCUT2D eigenvalue weighted by Crippen LogP contribution is -2.44. The van der Waals surface area contributed by atoms with Crippen LogP contribution in [0.25, 0.3) is 0 Å². The van der Waals surface area contributed by atoms with Gasteiger partial charge in [0.1, 0.15) is 0 Å². The first-order chi connectivity index (χ1) is 12.5. The minimum atomic E-state index is -3.70. The van der Waals surface area contributed by atoms with Crippen molar-refractivity contribution in [1.82, 2.24) is 9.62 Å². The van der Waals surface area contributed by atoms with Crippen molar-refractivity contribution in [2.24, 2.45) is 0 Å².